The summed E-state index contributed by atoms with van der Waals surface area (Å²) in [5.41, 5.74) is 7.74. The Morgan fingerprint density at radius 2 is 2.17 bits per heavy atom. The molecule has 0 radical (unpaired) electrons. The summed E-state index contributed by atoms with van der Waals surface area (Å²) >= 11 is 0. The largest absolute Gasteiger partial charge is 0.507 e. The molecule has 0 bridgehead atoms. The van der Waals surface area contributed by atoms with Crippen LogP contribution in [-0.4, -0.2) is 11.0 Å². The van der Waals surface area contributed by atoms with Gasteiger partial charge >= 0.3 is 0 Å². The zero-order chi connectivity index (χ0) is 9.14. The van der Waals surface area contributed by atoms with Crippen LogP contribution < -0.4 is 17.0 Å². The molecule has 0 saturated heterocycles. The van der Waals surface area contributed by atoms with Crippen molar-refractivity contribution >= 4 is 11.6 Å². The van der Waals surface area contributed by atoms with Gasteiger partial charge in [0.15, 0.2) is 0 Å². The second kappa shape index (κ2) is 3.10. The zero-order valence-electron chi connectivity index (χ0n) is 6.24. The fraction of sp³-hybridized carbons (Fsp3) is 0. The van der Waals surface area contributed by atoms with E-state index < -0.39 is 5.91 Å². The average Bonchev–Trinajstić information content (AvgIpc) is 2.08. The summed E-state index contributed by atoms with van der Waals surface area (Å²) in [5, 5.41) is 9.16. The molecule has 0 fully saturated rings. The number of hydrogen-bond acceptors (Lipinski definition) is 4. The number of nitrogens with one attached hydrogen (secondary N) is 1. The van der Waals surface area contributed by atoms with E-state index in [0.717, 1.165) is 0 Å². The third-order valence-corrected chi connectivity index (χ3v) is 1.40. The molecule has 6 N–H and O–H groups in total. The van der Waals surface area contributed by atoms with Gasteiger partial charge in [-0.25, -0.2) is 5.84 Å². The Kier molecular flexibility index (Phi) is 2.16. The summed E-state index contributed by atoms with van der Waals surface area (Å²) < 4.78 is 0. The van der Waals surface area contributed by atoms with Crippen LogP contribution in [0.2, 0.25) is 0 Å². The highest BCUT2D eigenvalue weighted by molar-refractivity contribution is 5.97. The molecule has 5 nitrogen and oxygen atoms in total. The lowest BCUT2D eigenvalue weighted by molar-refractivity contribution is 0.0951. The SMILES string of the molecule is NNC(=O)c1cc(N)ccc1O. The van der Waals surface area contributed by atoms with E-state index in [2.05, 4.69) is 0 Å². The van der Waals surface area contributed by atoms with Crippen LogP contribution in [0.5, 0.6) is 5.75 Å². The van der Waals surface area contributed by atoms with Gasteiger partial charge in [-0.3, -0.25) is 10.2 Å². The molecule has 0 spiro atoms. The van der Waals surface area contributed by atoms with E-state index in [1.165, 1.54) is 18.2 Å². The summed E-state index contributed by atoms with van der Waals surface area (Å²) in [6.45, 7) is 0. The van der Waals surface area contributed by atoms with Gasteiger partial charge in [-0.2, -0.15) is 0 Å². The van der Waals surface area contributed by atoms with Gasteiger partial charge in [-0.05, 0) is 18.2 Å². The summed E-state index contributed by atoms with van der Waals surface area (Å²) in [6, 6.07) is 4.17. The molecule has 0 aliphatic heterocycles. The van der Waals surface area contributed by atoms with Crippen LogP contribution in [0.4, 0.5) is 5.69 Å². The molecule has 12 heavy (non-hydrogen) atoms. The molecule has 0 aromatic heterocycles. The van der Waals surface area contributed by atoms with E-state index in [1.54, 1.807) is 0 Å². The zero-order valence-corrected chi connectivity index (χ0v) is 6.24. The first-order valence-corrected chi connectivity index (χ1v) is 3.24. The molecule has 1 rings (SSSR count). The number of phenols is 1. The van der Waals surface area contributed by atoms with Crippen molar-refractivity contribution in [2.45, 2.75) is 0 Å². The molecule has 0 heterocycles. The van der Waals surface area contributed by atoms with E-state index in [4.69, 9.17) is 16.7 Å². The van der Waals surface area contributed by atoms with E-state index in [0.29, 0.717) is 5.69 Å². The van der Waals surface area contributed by atoms with Gasteiger partial charge in [0.25, 0.3) is 5.91 Å². The van der Waals surface area contributed by atoms with Gasteiger partial charge in [0, 0.05) is 5.69 Å². The summed E-state index contributed by atoms with van der Waals surface area (Å²) in [7, 11) is 0. The van der Waals surface area contributed by atoms with Crippen LogP contribution in [0.25, 0.3) is 0 Å². The maximum absolute atomic E-state index is 10.9. The van der Waals surface area contributed by atoms with E-state index in [-0.39, 0.29) is 11.3 Å². The number of anilines is 1. The van der Waals surface area contributed by atoms with E-state index >= 15 is 0 Å². The number of aromatic hydroxyl groups is 1. The van der Waals surface area contributed by atoms with Crippen LogP contribution in [0, 0.1) is 0 Å². The van der Waals surface area contributed by atoms with Crippen molar-refractivity contribution in [1.82, 2.24) is 5.43 Å². The normalized spacial score (nSPS) is 9.42. The Morgan fingerprint density at radius 3 is 2.75 bits per heavy atom. The first kappa shape index (κ1) is 8.35. The number of nitrogens with two attached hydrogens (primary N) is 2. The number of hydrogen-bond donors (Lipinski definition) is 4. The van der Waals surface area contributed by atoms with Gasteiger partial charge in [0.05, 0.1) is 5.56 Å². The summed E-state index contributed by atoms with van der Waals surface area (Å²) in [5.74, 6) is 4.16. The highest BCUT2D eigenvalue weighted by atomic mass is 16.3. The van der Waals surface area contributed by atoms with Crippen molar-refractivity contribution in [3.63, 3.8) is 0 Å². The quantitative estimate of drug-likeness (QED) is 0.150. The fourth-order valence-corrected chi connectivity index (χ4v) is 0.813. The van der Waals surface area contributed by atoms with Crippen LogP contribution in [0.3, 0.4) is 0 Å². The highest BCUT2D eigenvalue weighted by Crippen LogP contribution is 2.18. The van der Waals surface area contributed by atoms with Crippen LogP contribution in [-0.2, 0) is 0 Å². The Balaban J connectivity index is 3.13. The third-order valence-electron chi connectivity index (χ3n) is 1.40. The molecular weight excluding hydrogens is 158 g/mol. The van der Waals surface area contributed by atoms with Gasteiger partial charge in [0.1, 0.15) is 5.75 Å². The van der Waals surface area contributed by atoms with Crippen molar-refractivity contribution in [3.05, 3.63) is 23.8 Å². The predicted molar refractivity (Wildman–Crippen MR) is 44.2 cm³/mol. The smallest absolute Gasteiger partial charge is 0.269 e. The van der Waals surface area contributed by atoms with Crippen molar-refractivity contribution < 1.29 is 9.90 Å². The monoisotopic (exact) mass is 167 g/mol. The number of carbonyl (C=O) groups is 1. The minimum Gasteiger partial charge on any atom is -0.507 e. The topological polar surface area (TPSA) is 101 Å². The minimum absolute atomic E-state index is 0.0671. The lowest BCUT2D eigenvalue weighted by atomic mass is 10.1. The standard InChI is InChI=1S/C7H9N3O2/c8-4-1-2-6(11)5(3-4)7(12)10-9/h1-3,11H,8-9H2,(H,10,12). The Morgan fingerprint density at radius 1 is 1.50 bits per heavy atom. The van der Waals surface area contributed by atoms with Gasteiger partial charge in [-0.15, -0.1) is 0 Å². The molecule has 1 amide bonds. The van der Waals surface area contributed by atoms with Gasteiger partial charge in [0.2, 0.25) is 0 Å². The van der Waals surface area contributed by atoms with Gasteiger partial charge in [-0.1, -0.05) is 0 Å². The number of carbonyl (C=O) groups excluding carboxylic acids is 1. The molecule has 0 saturated carbocycles. The van der Waals surface area contributed by atoms with Crippen molar-refractivity contribution in [3.8, 4) is 5.75 Å². The number of benzene rings is 1. The maximum Gasteiger partial charge on any atom is 0.269 e. The number of rotatable bonds is 1. The molecule has 0 atom stereocenters. The molecular formula is C7H9N3O2. The van der Waals surface area contributed by atoms with Crippen LogP contribution in [0.15, 0.2) is 18.2 Å². The minimum atomic E-state index is -0.570. The molecule has 1 aromatic carbocycles. The van der Waals surface area contributed by atoms with Crippen LogP contribution in [0.1, 0.15) is 10.4 Å². The number of hydrazine groups is 1. The second-order valence-corrected chi connectivity index (χ2v) is 2.25. The van der Waals surface area contributed by atoms with Crippen LogP contribution >= 0.6 is 0 Å². The maximum atomic E-state index is 10.9. The first-order chi connectivity index (χ1) is 5.65. The molecule has 0 unspecified atom stereocenters. The van der Waals surface area contributed by atoms with Crippen molar-refractivity contribution in [1.29, 1.82) is 0 Å². The highest BCUT2D eigenvalue weighted by Gasteiger charge is 2.08. The average molecular weight is 167 g/mol. The van der Waals surface area contributed by atoms with Crippen molar-refractivity contribution in [2.24, 2.45) is 5.84 Å². The summed E-state index contributed by atoms with van der Waals surface area (Å²) in [4.78, 5) is 10.9. The number of nitrogen functional groups attached to an aromatic ring is 2. The lowest BCUT2D eigenvalue weighted by Gasteiger charge is -2.02. The molecule has 64 valence electrons. The first-order valence-electron chi connectivity index (χ1n) is 3.24. The fourth-order valence-electron chi connectivity index (χ4n) is 0.813. The van der Waals surface area contributed by atoms with E-state index in [9.17, 15) is 4.79 Å². The Labute approximate surface area is 69.0 Å². The number of phenolic OH excluding ortho intramolecular Hbond substituents is 1. The van der Waals surface area contributed by atoms with E-state index in [1.807, 2.05) is 5.43 Å². The molecule has 1 aromatic rings. The molecule has 0 aliphatic rings. The van der Waals surface area contributed by atoms with Gasteiger partial charge < -0.3 is 10.8 Å². The molecule has 0 aliphatic carbocycles. The summed E-state index contributed by atoms with van der Waals surface area (Å²) in [6.07, 6.45) is 0. The Bertz CT molecular complexity index is 312. The van der Waals surface area contributed by atoms with Crippen molar-refractivity contribution in [2.75, 3.05) is 5.73 Å². The Hall–Kier alpha value is -1.75. The number of amides is 1. The second-order valence-electron chi connectivity index (χ2n) is 2.25. The lowest BCUT2D eigenvalue weighted by Crippen LogP contribution is -2.30. The predicted octanol–water partition coefficient (Wildman–Crippen LogP) is -0.422. The third kappa shape index (κ3) is 1.46. The molecule has 5 heteroatoms.